The molecule has 5 heteroatoms. The number of nitrogens with one attached hydrogen (secondary N) is 1. The lowest BCUT2D eigenvalue weighted by Crippen LogP contribution is -2.43. The molecule has 1 unspecified atom stereocenters. The molecule has 2 rings (SSSR count). The van der Waals surface area contributed by atoms with Gasteiger partial charge in [-0.15, -0.1) is 0 Å². The van der Waals surface area contributed by atoms with Crippen molar-refractivity contribution in [3.05, 3.63) is 65.7 Å². The molecule has 2 aromatic rings. The van der Waals surface area contributed by atoms with Crippen molar-refractivity contribution in [3.8, 4) is 5.75 Å². The average Bonchev–Trinajstić information content (AvgIpc) is 2.77. The van der Waals surface area contributed by atoms with Crippen LogP contribution in [0.25, 0.3) is 0 Å². The number of methoxy groups -OCH3 is 1. The second-order valence-electron chi connectivity index (χ2n) is 7.43. The Bertz CT molecular complexity index is 775. The first-order chi connectivity index (χ1) is 14.6. The highest BCUT2D eigenvalue weighted by atomic mass is 16.5. The number of hydrogen-bond donors (Lipinski definition) is 1. The Kier molecular flexibility index (Phi) is 9.92. The summed E-state index contributed by atoms with van der Waals surface area (Å²) in [6.07, 6.45) is 4.24. The molecule has 0 heterocycles. The minimum absolute atomic E-state index is 0.0223. The molecule has 0 fully saturated rings. The summed E-state index contributed by atoms with van der Waals surface area (Å²) in [7, 11) is 1.63. The van der Waals surface area contributed by atoms with Crippen molar-refractivity contribution in [1.29, 1.82) is 0 Å². The van der Waals surface area contributed by atoms with Crippen LogP contribution < -0.4 is 10.1 Å². The van der Waals surface area contributed by atoms with Crippen LogP contribution in [0.15, 0.2) is 54.6 Å². The maximum Gasteiger partial charge on any atom is 0.247 e. The van der Waals surface area contributed by atoms with Gasteiger partial charge in [0.15, 0.2) is 0 Å². The van der Waals surface area contributed by atoms with Gasteiger partial charge in [-0.25, -0.2) is 0 Å². The van der Waals surface area contributed by atoms with E-state index in [-0.39, 0.29) is 11.8 Å². The predicted molar refractivity (Wildman–Crippen MR) is 120 cm³/mol. The van der Waals surface area contributed by atoms with Gasteiger partial charge in [-0.1, -0.05) is 69.2 Å². The molecule has 1 N–H and O–H groups in total. The molecule has 0 aromatic heterocycles. The largest absolute Gasteiger partial charge is 0.497 e. The SMILES string of the molecule is CCCCCNC(=O)C(c1ccccc1)N(Cc1ccc(OC)cc1)C(=O)CCC. The van der Waals surface area contributed by atoms with Crippen molar-refractivity contribution < 1.29 is 14.3 Å². The zero-order valence-electron chi connectivity index (χ0n) is 18.4. The maximum atomic E-state index is 13.2. The zero-order chi connectivity index (χ0) is 21.8. The van der Waals surface area contributed by atoms with Gasteiger partial charge in [0.05, 0.1) is 7.11 Å². The first-order valence-corrected chi connectivity index (χ1v) is 10.9. The van der Waals surface area contributed by atoms with Crippen molar-refractivity contribution >= 4 is 11.8 Å². The Morgan fingerprint density at radius 1 is 0.967 bits per heavy atom. The molecule has 30 heavy (non-hydrogen) atoms. The Balaban J connectivity index is 2.32. The summed E-state index contributed by atoms with van der Waals surface area (Å²) < 4.78 is 5.23. The fourth-order valence-electron chi connectivity index (χ4n) is 3.40. The molecule has 0 saturated carbocycles. The second-order valence-corrected chi connectivity index (χ2v) is 7.43. The summed E-state index contributed by atoms with van der Waals surface area (Å²) in [5, 5.41) is 3.04. The van der Waals surface area contributed by atoms with E-state index < -0.39 is 6.04 Å². The van der Waals surface area contributed by atoms with Crippen molar-refractivity contribution in [2.45, 2.75) is 58.5 Å². The van der Waals surface area contributed by atoms with E-state index in [0.717, 1.165) is 42.6 Å². The molecule has 0 aliphatic rings. The molecule has 2 amide bonds. The molecule has 0 saturated heterocycles. The number of rotatable bonds is 12. The van der Waals surface area contributed by atoms with Crippen molar-refractivity contribution in [1.82, 2.24) is 10.2 Å². The van der Waals surface area contributed by atoms with Crippen LogP contribution in [0.1, 0.15) is 63.1 Å². The third-order valence-electron chi connectivity index (χ3n) is 5.05. The predicted octanol–water partition coefficient (Wildman–Crippen LogP) is 4.87. The molecule has 0 spiro atoms. The summed E-state index contributed by atoms with van der Waals surface area (Å²) in [5.74, 6) is 0.611. The van der Waals surface area contributed by atoms with Gasteiger partial charge in [0.2, 0.25) is 11.8 Å². The number of benzene rings is 2. The van der Waals surface area contributed by atoms with E-state index in [9.17, 15) is 9.59 Å². The smallest absolute Gasteiger partial charge is 0.247 e. The highest BCUT2D eigenvalue weighted by Crippen LogP contribution is 2.25. The maximum absolute atomic E-state index is 13.2. The van der Waals surface area contributed by atoms with Crippen molar-refractivity contribution in [2.24, 2.45) is 0 Å². The van der Waals surface area contributed by atoms with Crippen molar-refractivity contribution in [3.63, 3.8) is 0 Å². The van der Waals surface area contributed by atoms with E-state index in [2.05, 4.69) is 12.2 Å². The van der Waals surface area contributed by atoms with Gasteiger partial charge in [-0.05, 0) is 36.1 Å². The van der Waals surface area contributed by atoms with Crippen LogP contribution in [0.2, 0.25) is 0 Å². The van der Waals surface area contributed by atoms with E-state index in [1.807, 2.05) is 61.5 Å². The van der Waals surface area contributed by atoms with E-state index in [1.54, 1.807) is 12.0 Å². The number of nitrogens with zero attached hydrogens (tertiary/aromatic N) is 1. The number of carbonyl (C=O) groups excluding carboxylic acids is 2. The molecular weight excluding hydrogens is 376 g/mol. The van der Waals surface area contributed by atoms with Crippen LogP contribution in [0.5, 0.6) is 5.75 Å². The summed E-state index contributed by atoms with van der Waals surface area (Å²) >= 11 is 0. The lowest BCUT2D eigenvalue weighted by atomic mass is 10.0. The minimum atomic E-state index is -0.658. The molecular formula is C25H34N2O3. The monoisotopic (exact) mass is 410 g/mol. The van der Waals surface area contributed by atoms with Crippen LogP contribution in [0.3, 0.4) is 0 Å². The lowest BCUT2D eigenvalue weighted by molar-refractivity contribution is -0.141. The topological polar surface area (TPSA) is 58.6 Å². The quantitative estimate of drug-likeness (QED) is 0.508. The van der Waals surface area contributed by atoms with Gasteiger partial charge < -0.3 is 15.0 Å². The number of ether oxygens (including phenoxy) is 1. The highest BCUT2D eigenvalue weighted by Gasteiger charge is 2.30. The Hall–Kier alpha value is -2.82. The van der Waals surface area contributed by atoms with Crippen LogP contribution >= 0.6 is 0 Å². The molecule has 5 nitrogen and oxygen atoms in total. The fraction of sp³-hybridized carbons (Fsp3) is 0.440. The molecule has 1 atom stereocenters. The normalized spacial score (nSPS) is 11.6. The number of unbranched alkanes of at least 4 members (excludes halogenated alkanes) is 2. The first kappa shape index (κ1) is 23.5. The van der Waals surface area contributed by atoms with Crippen LogP contribution in [-0.2, 0) is 16.1 Å². The van der Waals surface area contributed by atoms with E-state index in [1.165, 1.54) is 0 Å². The van der Waals surface area contributed by atoms with E-state index >= 15 is 0 Å². The van der Waals surface area contributed by atoms with Gasteiger partial charge in [0.1, 0.15) is 11.8 Å². The molecule has 2 aromatic carbocycles. The van der Waals surface area contributed by atoms with E-state index in [0.29, 0.717) is 19.5 Å². The summed E-state index contributed by atoms with van der Waals surface area (Å²) in [6.45, 7) is 5.10. The third-order valence-corrected chi connectivity index (χ3v) is 5.05. The van der Waals surface area contributed by atoms with Crippen LogP contribution in [0, 0.1) is 0 Å². The minimum Gasteiger partial charge on any atom is -0.497 e. The number of carbonyl (C=O) groups is 2. The fourth-order valence-corrected chi connectivity index (χ4v) is 3.40. The van der Waals surface area contributed by atoms with Gasteiger partial charge in [-0.3, -0.25) is 9.59 Å². The van der Waals surface area contributed by atoms with Gasteiger partial charge >= 0.3 is 0 Å². The zero-order valence-corrected chi connectivity index (χ0v) is 18.4. The molecule has 162 valence electrons. The van der Waals surface area contributed by atoms with Crippen LogP contribution in [-0.4, -0.2) is 30.4 Å². The average molecular weight is 411 g/mol. The highest BCUT2D eigenvalue weighted by molar-refractivity contribution is 5.88. The van der Waals surface area contributed by atoms with Gasteiger partial charge in [-0.2, -0.15) is 0 Å². The Morgan fingerprint density at radius 2 is 1.67 bits per heavy atom. The number of amides is 2. The summed E-state index contributed by atoms with van der Waals surface area (Å²) in [4.78, 5) is 28.0. The van der Waals surface area contributed by atoms with Gasteiger partial charge in [0.25, 0.3) is 0 Å². The summed E-state index contributed by atoms with van der Waals surface area (Å²) in [5.41, 5.74) is 1.78. The molecule has 0 radical (unpaired) electrons. The Morgan fingerprint density at radius 3 is 2.27 bits per heavy atom. The molecule has 0 aliphatic heterocycles. The Labute approximate surface area is 180 Å². The van der Waals surface area contributed by atoms with E-state index in [4.69, 9.17) is 4.74 Å². The first-order valence-electron chi connectivity index (χ1n) is 10.9. The van der Waals surface area contributed by atoms with Gasteiger partial charge in [0, 0.05) is 19.5 Å². The lowest BCUT2D eigenvalue weighted by Gasteiger charge is -2.31. The second kappa shape index (κ2) is 12.7. The number of hydrogen-bond acceptors (Lipinski definition) is 3. The standard InChI is InChI=1S/C25H34N2O3/c1-4-6-10-18-26-25(29)24(21-12-8-7-9-13-21)27(23(28)11-5-2)19-20-14-16-22(30-3)17-15-20/h7-9,12-17,24H,4-6,10-11,18-19H2,1-3H3,(H,26,29). The molecule has 0 bridgehead atoms. The van der Waals surface area contributed by atoms with Crippen LogP contribution in [0.4, 0.5) is 0 Å². The third kappa shape index (κ3) is 6.90. The van der Waals surface area contributed by atoms with Crippen molar-refractivity contribution in [2.75, 3.05) is 13.7 Å². The summed E-state index contributed by atoms with van der Waals surface area (Å²) in [6, 6.07) is 16.5. The molecule has 0 aliphatic carbocycles.